The third-order valence-corrected chi connectivity index (χ3v) is 5.15. The second kappa shape index (κ2) is 9.46. The molecule has 0 fully saturated rings. The number of halogens is 1. The molecule has 3 rings (SSSR count). The Labute approximate surface area is 168 Å². The molecule has 4 nitrogen and oxygen atoms in total. The summed E-state index contributed by atoms with van der Waals surface area (Å²) in [5.74, 6) is 0.0199. The number of aryl methyl sites for hydroxylation is 1. The van der Waals surface area contributed by atoms with Crippen molar-refractivity contribution in [2.75, 3.05) is 6.54 Å². The normalized spacial score (nSPS) is 10.7. The molecule has 0 radical (unpaired) electrons. The van der Waals surface area contributed by atoms with E-state index in [1.807, 2.05) is 43.5 Å². The maximum Gasteiger partial charge on any atom is 0.257 e. The molecule has 1 amide bonds. The van der Waals surface area contributed by atoms with E-state index >= 15 is 0 Å². The predicted molar refractivity (Wildman–Crippen MR) is 109 cm³/mol. The third-order valence-electron chi connectivity index (χ3n) is 4.28. The second-order valence-corrected chi connectivity index (χ2v) is 7.44. The average Bonchev–Trinajstić information content (AvgIpc) is 3.14. The van der Waals surface area contributed by atoms with Crippen molar-refractivity contribution in [3.63, 3.8) is 0 Å². The predicted octanol–water partition coefficient (Wildman–Crippen LogP) is 5.22. The number of thiazole rings is 1. The van der Waals surface area contributed by atoms with Crippen LogP contribution in [0.3, 0.4) is 0 Å². The zero-order valence-corrected chi connectivity index (χ0v) is 16.8. The molecule has 0 N–H and O–H groups in total. The van der Waals surface area contributed by atoms with Gasteiger partial charge in [-0.3, -0.25) is 4.79 Å². The highest BCUT2D eigenvalue weighted by Crippen LogP contribution is 2.20. The molecular formula is C22H23FN2O2S. The van der Waals surface area contributed by atoms with Gasteiger partial charge in [-0.25, -0.2) is 9.37 Å². The number of aromatic nitrogens is 1. The Morgan fingerprint density at radius 2 is 1.93 bits per heavy atom. The van der Waals surface area contributed by atoms with Crippen molar-refractivity contribution >= 4 is 17.2 Å². The van der Waals surface area contributed by atoms with Crippen LogP contribution >= 0.6 is 11.3 Å². The molecule has 0 unspecified atom stereocenters. The molecule has 0 aliphatic carbocycles. The molecule has 3 aromatic rings. The summed E-state index contributed by atoms with van der Waals surface area (Å²) in [4.78, 5) is 19.0. The van der Waals surface area contributed by atoms with Crippen LogP contribution in [0, 0.1) is 12.7 Å². The highest BCUT2D eigenvalue weighted by molar-refractivity contribution is 7.09. The molecule has 2 aromatic carbocycles. The van der Waals surface area contributed by atoms with Gasteiger partial charge in [-0.1, -0.05) is 37.3 Å². The monoisotopic (exact) mass is 398 g/mol. The number of carbonyl (C=O) groups is 1. The van der Waals surface area contributed by atoms with Crippen molar-refractivity contribution in [3.8, 4) is 5.75 Å². The van der Waals surface area contributed by atoms with E-state index < -0.39 is 5.82 Å². The molecule has 0 atom stereocenters. The molecule has 0 spiro atoms. The largest absolute Gasteiger partial charge is 0.486 e. The standard InChI is InChI=1S/C22H23FN2O2S/c1-3-12-25(22(26)18-9-5-6-10-19(18)23)13-17-15-28-21(24-17)14-27-20-11-7-4-8-16(20)2/h4-11,15H,3,12-14H2,1-2H3. The summed E-state index contributed by atoms with van der Waals surface area (Å²) in [5.41, 5.74) is 1.95. The van der Waals surface area contributed by atoms with Crippen LogP contribution < -0.4 is 4.74 Å². The molecule has 28 heavy (non-hydrogen) atoms. The number of amides is 1. The number of ether oxygens (including phenoxy) is 1. The van der Waals surface area contributed by atoms with Crippen LogP contribution in [-0.4, -0.2) is 22.3 Å². The van der Waals surface area contributed by atoms with Crippen molar-refractivity contribution in [1.29, 1.82) is 0 Å². The number of hydrogen-bond acceptors (Lipinski definition) is 4. The Bertz CT molecular complexity index is 942. The van der Waals surface area contributed by atoms with Crippen LogP contribution in [0.2, 0.25) is 0 Å². The zero-order chi connectivity index (χ0) is 19.9. The van der Waals surface area contributed by atoms with E-state index in [0.717, 1.165) is 28.4 Å². The first-order valence-electron chi connectivity index (χ1n) is 9.24. The van der Waals surface area contributed by atoms with Gasteiger partial charge in [0.1, 0.15) is 23.2 Å². The fraction of sp³-hybridized carbons (Fsp3) is 0.273. The van der Waals surface area contributed by atoms with Crippen molar-refractivity contribution < 1.29 is 13.9 Å². The minimum atomic E-state index is -0.501. The fourth-order valence-electron chi connectivity index (χ4n) is 2.87. The van der Waals surface area contributed by atoms with Crippen LogP contribution in [0.5, 0.6) is 5.75 Å². The van der Waals surface area contributed by atoms with E-state index in [1.54, 1.807) is 17.0 Å². The van der Waals surface area contributed by atoms with Gasteiger partial charge in [0, 0.05) is 11.9 Å². The molecule has 146 valence electrons. The number of carbonyl (C=O) groups excluding carboxylic acids is 1. The summed E-state index contributed by atoms with van der Waals surface area (Å²) in [6, 6.07) is 13.9. The molecule has 0 bridgehead atoms. The van der Waals surface area contributed by atoms with E-state index in [9.17, 15) is 9.18 Å². The van der Waals surface area contributed by atoms with E-state index in [1.165, 1.54) is 23.5 Å². The minimum Gasteiger partial charge on any atom is -0.486 e. The Kier molecular flexibility index (Phi) is 6.76. The Morgan fingerprint density at radius 3 is 2.68 bits per heavy atom. The summed E-state index contributed by atoms with van der Waals surface area (Å²) in [6.45, 7) is 5.26. The minimum absolute atomic E-state index is 0.0919. The van der Waals surface area contributed by atoms with E-state index in [2.05, 4.69) is 4.98 Å². The van der Waals surface area contributed by atoms with Gasteiger partial charge in [-0.15, -0.1) is 11.3 Å². The van der Waals surface area contributed by atoms with Gasteiger partial charge in [0.05, 0.1) is 17.8 Å². The molecule has 0 saturated heterocycles. The zero-order valence-electron chi connectivity index (χ0n) is 16.0. The number of rotatable bonds is 8. The first-order chi connectivity index (χ1) is 13.6. The summed E-state index contributed by atoms with van der Waals surface area (Å²) in [6.07, 6.45) is 0.785. The van der Waals surface area contributed by atoms with Crippen molar-refractivity contribution in [2.45, 2.75) is 33.4 Å². The van der Waals surface area contributed by atoms with E-state index in [4.69, 9.17) is 4.74 Å². The molecule has 0 aliphatic rings. The smallest absolute Gasteiger partial charge is 0.257 e. The van der Waals surface area contributed by atoms with Gasteiger partial charge < -0.3 is 9.64 Å². The molecule has 6 heteroatoms. The quantitative estimate of drug-likeness (QED) is 0.522. The van der Waals surface area contributed by atoms with Crippen LogP contribution in [0.1, 0.15) is 40.0 Å². The Balaban J connectivity index is 1.67. The van der Waals surface area contributed by atoms with Crippen molar-refractivity contribution in [2.24, 2.45) is 0 Å². The van der Waals surface area contributed by atoms with Gasteiger partial charge in [-0.2, -0.15) is 0 Å². The molecule has 1 heterocycles. The van der Waals surface area contributed by atoms with Crippen LogP contribution in [0.4, 0.5) is 4.39 Å². The van der Waals surface area contributed by atoms with Crippen LogP contribution in [0.15, 0.2) is 53.9 Å². The first kappa shape index (κ1) is 20.0. The third kappa shape index (κ3) is 4.95. The number of para-hydroxylation sites is 1. The highest BCUT2D eigenvalue weighted by atomic mass is 32.1. The SMILES string of the molecule is CCCN(Cc1csc(COc2ccccc2C)n1)C(=O)c1ccccc1F. The summed E-state index contributed by atoms with van der Waals surface area (Å²) in [5, 5.41) is 2.77. The van der Waals surface area contributed by atoms with Gasteiger partial charge in [0.25, 0.3) is 5.91 Å². The summed E-state index contributed by atoms with van der Waals surface area (Å²) < 4.78 is 19.8. The van der Waals surface area contributed by atoms with E-state index in [-0.39, 0.29) is 11.5 Å². The maximum absolute atomic E-state index is 14.0. The lowest BCUT2D eigenvalue weighted by atomic mass is 10.1. The summed E-state index contributed by atoms with van der Waals surface area (Å²) in [7, 11) is 0. The fourth-order valence-corrected chi connectivity index (χ4v) is 3.56. The average molecular weight is 399 g/mol. The lowest BCUT2D eigenvalue weighted by Crippen LogP contribution is -2.32. The van der Waals surface area contributed by atoms with Gasteiger partial charge >= 0.3 is 0 Å². The molecule has 0 saturated carbocycles. The van der Waals surface area contributed by atoms with Gasteiger partial charge in [0.15, 0.2) is 0 Å². The van der Waals surface area contributed by atoms with Gasteiger partial charge in [0.2, 0.25) is 0 Å². The molecule has 1 aromatic heterocycles. The molecule has 0 aliphatic heterocycles. The second-order valence-electron chi connectivity index (χ2n) is 6.49. The van der Waals surface area contributed by atoms with Gasteiger partial charge in [-0.05, 0) is 37.1 Å². The maximum atomic E-state index is 14.0. The highest BCUT2D eigenvalue weighted by Gasteiger charge is 2.19. The summed E-state index contributed by atoms with van der Waals surface area (Å²) >= 11 is 1.50. The number of nitrogens with zero attached hydrogens (tertiary/aromatic N) is 2. The van der Waals surface area contributed by atoms with Crippen molar-refractivity contribution in [3.05, 3.63) is 81.6 Å². The van der Waals surface area contributed by atoms with Crippen LogP contribution in [-0.2, 0) is 13.2 Å². The van der Waals surface area contributed by atoms with E-state index in [0.29, 0.717) is 19.7 Å². The lowest BCUT2D eigenvalue weighted by molar-refractivity contribution is 0.0736. The van der Waals surface area contributed by atoms with Crippen molar-refractivity contribution in [1.82, 2.24) is 9.88 Å². The Hall–Kier alpha value is -2.73. The topological polar surface area (TPSA) is 42.4 Å². The lowest BCUT2D eigenvalue weighted by Gasteiger charge is -2.21. The number of hydrogen-bond donors (Lipinski definition) is 0. The molecular weight excluding hydrogens is 375 g/mol. The first-order valence-corrected chi connectivity index (χ1v) is 10.1. The Morgan fingerprint density at radius 1 is 1.18 bits per heavy atom. The van der Waals surface area contributed by atoms with Crippen LogP contribution in [0.25, 0.3) is 0 Å². The number of benzene rings is 2.